The molecule has 1 amide bonds. The SMILES string of the molecule is O=C(Nc1nn(Cc2ccc(Cl)cc2Cl)cc1Cl)c1cccc(Br)c1. The lowest BCUT2D eigenvalue weighted by Crippen LogP contribution is -2.13. The second-order valence-corrected chi connectivity index (χ2v) is 7.39. The Morgan fingerprint density at radius 2 is 1.92 bits per heavy atom. The van der Waals surface area contributed by atoms with E-state index in [1.54, 1.807) is 41.2 Å². The molecule has 0 saturated heterocycles. The Balaban J connectivity index is 1.77. The Bertz CT molecular complexity index is 943. The molecule has 2 aromatic carbocycles. The van der Waals surface area contributed by atoms with Gasteiger partial charge in [0, 0.05) is 26.3 Å². The predicted octanol–water partition coefficient (Wildman–Crippen LogP) is 5.91. The maximum Gasteiger partial charge on any atom is 0.256 e. The van der Waals surface area contributed by atoms with Crippen LogP contribution in [0.15, 0.2) is 53.1 Å². The van der Waals surface area contributed by atoms with Crippen LogP contribution in [0.25, 0.3) is 0 Å². The minimum Gasteiger partial charge on any atom is -0.304 e. The maximum atomic E-state index is 12.3. The van der Waals surface area contributed by atoms with Crippen LogP contribution in [0.1, 0.15) is 15.9 Å². The largest absolute Gasteiger partial charge is 0.304 e. The standard InChI is InChI=1S/C17H11BrCl3N3O/c18-12-3-1-2-10(6-12)17(25)22-16-15(21)9-24(23-16)8-11-4-5-13(19)7-14(11)20/h1-7,9H,8H2,(H,22,23,25). The first kappa shape index (κ1) is 18.3. The fraction of sp³-hybridized carbons (Fsp3) is 0.0588. The quantitative estimate of drug-likeness (QED) is 0.528. The van der Waals surface area contributed by atoms with E-state index in [0.29, 0.717) is 27.2 Å². The van der Waals surface area contributed by atoms with Gasteiger partial charge in [-0.1, -0.05) is 62.9 Å². The van der Waals surface area contributed by atoms with Crippen molar-refractivity contribution < 1.29 is 4.79 Å². The smallest absolute Gasteiger partial charge is 0.256 e. The molecule has 1 aromatic heterocycles. The monoisotopic (exact) mass is 457 g/mol. The second kappa shape index (κ2) is 7.79. The summed E-state index contributed by atoms with van der Waals surface area (Å²) in [6, 6.07) is 12.3. The minimum atomic E-state index is -0.294. The molecule has 0 aliphatic carbocycles. The lowest BCUT2D eigenvalue weighted by Gasteiger charge is -2.05. The number of nitrogens with zero attached hydrogens (tertiary/aromatic N) is 2. The molecule has 0 aliphatic rings. The van der Waals surface area contributed by atoms with E-state index in [9.17, 15) is 4.79 Å². The van der Waals surface area contributed by atoms with Crippen LogP contribution in [0.5, 0.6) is 0 Å². The maximum absolute atomic E-state index is 12.3. The van der Waals surface area contributed by atoms with Crippen LogP contribution in [0, 0.1) is 0 Å². The molecule has 128 valence electrons. The van der Waals surface area contributed by atoms with Crippen LogP contribution >= 0.6 is 50.7 Å². The summed E-state index contributed by atoms with van der Waals surface area (Å²) in [5.74, 6) is -0.00490. The van der Waals surface area contributed by atoms with Gasteiger partial charge in [-0.15, -0.1) is 0 Å². The first-order valence-corrected chi connectivity index (χ1v) is 9.09. The highest BCUT2D eigenvalue weighted by Gasteiger charge is 2.13. The number of benzene rings is 2. The van der Waals surface area contributed by atoms with Crippen LogP contribution in [-0.4, -0.2) is 15.7 Å². The van der Waals surface area contributed by atoms with Gasteiger partial charge in [-0.05, 0) is 35.9 Å². The third-order valence-corrected chi connectivity index (χ3v) is 4.74. The van der Waals surface area contributed by atoms with Crippen molar-refractivity contribution in [2.75, 3.05) is 5.32 Å². The van der Waals surface area contributed by atoms with Crippen LogP contribution < -0.4 is 5.32 Å². The molecule has 0 bridgehead atoms. The summed E-state index contributed by atoms with van der Waals surface area (Å²) >= 11 is 21.6. The number of anilines is 1. The lowest BCUT2D eigenvalue weighted by molar-refractivity contribution is 0.102. The van der Waals surface area contributed by atoms with Crippen LogP contribution in [0.4, 0.5) is 5.82 Å². The summed E-state index contributed by atoms with van der Waals surface area (Å²) in [6.07, 6.45) is 1.63. The van der Waals surface area contributed by atoms with Gasteiger partial charge in [0.2, 0.25) is 0 Å². The summed E-state index contributed by atoms with van der Waals surface area (Å²) in [6.45, 7) is 0.405. The Kier molecular flexibility index (Phi) is 5.69. The van der Waals surface area contributed by atoms with Gasteiger partial charge in [0.05, 0.1) is 6.54 Å². The molecule has 0 fully saturated rings. The molecule has 0 spiro atoms. The molecule has 0 atom stereocenters. The summed E-state index contributed by atoms with van der Waals surface area (Å²) in [5, 5.41) is 8.46. The number of aromatic nitrogens is 2. The van der Waals surface area contributed by atoms with E-state index in [0.717, 1.165) is 10.0 Å². The van der Waals surface area contributed by atoms with E-state index >= 15 is 0 Å². The number of halogens is 4. The van der Waals surface area contributed by atoms with Crippen molar-refractivity contribution in [3.8, 4) is 0 Å². The zero-order valence-corrected chi connectivity index (χ0v) is 16.5. The average molecular weight is 460 g/mol. The third-order valence-electron chi connectivity index (χ3n) is 3.38. The van der Waals surface area contributed by atoms with Crippen molar-refractivity contribution >= 4 is 62.5 Å². The number of carbonyl (C=O) groups excluding carboxylic acids is 1. The van der Waals surface area contributed by atoms with Crippen molar-refractivity contribution in [2.24, 2.45) is 0 Å². The number of nitrogens with one attached hydrogen (secondary N) is 1. The number of hydrogen-bond acceptors (Lipinski definition) is 2. The fourth-order valence-corrected chi connectivity index (χ4v) is 3.26. The van der Waals surface area contributed by atoms with Gasteiger partial charge in [0.1, 0.15) is 5.02 Å². The number of amides is 1. The highest BCUT2D eigenvalue weighted by atomic mass is 79.9. The Hall–Kier alpha value is -1.53. The van der Waals surface area contributed by atoms with Crippen molar-refractivity contribution in [3.05, 3.63) is 79.3 Å². The van der Waals surface area contributed by atoms with Gasteiger partial charge in [0.25, 0.3) is 5.91 Å². The lowest BCUT2D eigenvalue weighted by atomic mass is 10.2. The number of hydrogen-bond donors (Lipinski definition) is 1. The van der Waals surface area contributed by atoms with Crippen molar-refractivity contribution in [3.63, 3.8) is 0 Å². The molecule has 0 radical (unpaired) electrons. The highest BCUT2D eigenvalue weighted by molar-refractivity contribution is 9.10. The van der Waals surface area contributed by atoms with Crippen molar-refractivity contribution in [2.45, 2.75) is 6.54 Å². The highest BCUT2D eigenvalue weighted by Crippen LogP contribution is 2.24. The Labute approximate surface area is 167 Å². The predicted molar refractivity (Wildman–Crippen MR) is 105 cm³/mol. The third kappa shape index (κ3) is 4.55. The molecular weight excluding hydrogens is 448 g/mol. The average Bonchev–Trinajstić information content (AvgIpc) is 2.89. The molecule has 4 nitrogen and oxygen atoms in total. The molecule has 3 aromatic rings. The van der Waals surface area contributed by atoms with Gasteiger partial charge < -0.3 is 5.32 Å². The van der Waals surface area contributed by atoms with Gasteiger partial charge in [-0.25, -0.2) is 0 Å². The van der Waals surface area contributed by atoms with Gasteiger partial charge in [-0.2, -0.15) is 5.10 Å². The van der Waals surface area contributed by atoms with Gasteiger partial charge in [0.15, 0.2) is 5.82 Å². The van der Waals surface area contributed by atoms with Crippen molar-refractivity contribution in [1.29, 1.82) is 0 Å². The minimum absolute atomic E-state index is 0.289. The Morgan fingerprint density at radius 3 is 2.64 bits per heavy atom. The fourth-order valence-electron chi connectivity index (χ4n) is 2.20. The first-order valence-electron chi connectivity index (χ1n) is 7.16. The van der Waals surface area contributed by atoms with E-state index in [2.05, 4.69) is 26.3 Å². The molecule has 0 saturated carbocycles. The Morgan fingerprint density at radius 1 is 1.12 bits per heavy atom. The zero-order chi connectivity index (χ0) is 18.0. The normalized spacial score (nSPS) is 10.7. The van der Waals surface area contributed by atoms with E-state index < -0.39 is 0 Å². The van der Waals surface area contributed by atoms with Crippen molar-refractivity contribution in [1.82, 2.24) is 9.78 Å². The van der Waals surface area contributed by atoms with Gasteiger partial charge >= 0.3 is 0 Å². The molecule has 0 aliphatic heterocycles. The molecule has 3 rings (SSSR count). The van der Waals surface area contributed by atoms with Crippen LogP contribution in [0.3, 0.4) is 0 Å². The summed E-state index contributed by atoms with van der Waals surface area (Å²) in [7, 11) is 0. The number of rotatable bonds is 4. The molecule has 1 heterocycles. The van der Waals surface area contributed by atoms with E-state index in [-0.39, 0.29) is 11.7 Å². The van der Waals surface area contributed by atoms with E-state index in [1.165, 1.54) is 0 Å². The molecule has 1 N–H and O–H groups in total. The summed E-state index contributed by atoms with van der Waals surface area (Å²) in [5.41, 5.74) is 1.34. The second-order valence-electron chi connectivity index (χ2n) is 5.22. The van der Waals surface area contributed by atoms with E-state index in [1.807, 2.05) is 12.1 Å². The number of carbonyl (C=O) groups is 1. The topological polar surface area (TPSA) is 46.9 Å². The summed E-state index contributed by atoms with van der Waals surface area (Å²) < 4.78 is 2.42. The molecule has 25 heavy (non-hydrogen) atoms. The molecule has 0 unspecified atom stereocenters. The first-order chi connectivity index (χ1) is 11.9. The molecule has 8 heteroatoms. The molecular formula is C17H11BrCl3N3O. The zero-order valence-electron chi connectivity index (χ0n) is 12.6. The van der Waals surface area contributed by atoms with Gasteiger partial charge in [-0.3, -0.25) is 9.48 Å². The summed E-state index contributed by atoms with van der Waals surface area (Å²) in [4.78, 5) is 12.3. The van der Waals surface area contributed by atoms with E-state index in [4.69, 9.17) is 34.8 Å². The van der Waals surface area contributed by atoms with Crippen LogP contribution in [-0.2, 0) is 6.54 Å². The van der Waals surface area contributed by atoms with Crippen LogP contribution in [0.2, 0.25) is 15.1 Å².